The summed E-state index contributed by atoms with van der Waals surface area (Å²) < 4.78 is 31.3. The number of anilines is 1. The van der Waals surface area contributed by atoms with Gasteiger partial charge >= 0.3 is 0 Å². The second-order valence-electron chi connectivity index (χ2n) is 3.83. The van der Waals surface area contributed by atoms with E-state index in [2.05, 4.69) is 4.98 Å². The summed E-state index contributed by atoms with van der Waals surface area (Å²) >= 11 is 0. The van der Waals surface area contributed by atoms with Crippen molar-refractivity contribution in [3.05, 3.63) is 48.0 Å². The molecule has 0 fully saturated rings. The van der Waals surface area contributed by atoms with Crippen molar-refractivity contribution in [1.82, 2.24) is 4.98 Å². The van der Waals surface area contributed by atoms with Crippen molar-refractivity contribution in [2.45, 2.75) is 0 Å². The van der Waals surface area contributed by atoms with E-state index >= 15 is 0 Å². The Morgan fingerprint density at radius 2 is 1.89 bits per heavy atom. The van der Waals surface area contributed by atoms with Crippen molar-refractivity contribution < 1.29 is 13.2 Å². The van der Waals surface area contributed by atoms with Gasteiger partial charge in [0.1, 0.15) is 5.52 Å². The number of hydrogen-bond acceptors (Lipinski definition) is 3. The van der Waals surface area contributed by atoms with Gasteiger partial charge in [-0.25, -0.2) is 8.78 Å². The topological polar surface area (TPSA) is 52.0 Å². The molecule has 2 N–H and O–H groups in total. The summed E-state index contributed by atoms with van der Waals surface area (Å²) in [4.78, 5) is 4.04. The van der Waals surface area contributed by atoms with Gasteiger partial charge in [0.15, 0.2) is 17.2 Å². The molecule has 3 rings (SSSR count). The first-order chi connectivity index (χ1) is 8.65. The number of rotatable bonds is 1. The molecule has 0 aliphatic heterocycles. The monoisotopic (exact) mass is 246 g/mol. The number of nitrogens with zero attached hydrogens (tertiary/aromatic N) is 1. The molecule has 0 radical (unpaired) electrons. The molecule has 0 aliphatic rings. The number of halogens is 2. The van der Waals surface area contributed by atoms with E-state index in [0.29, 0.717) is 22.2 Å². The molecule has 0 amide bonds. The van der Waals surface area contributed by atoms with Crippen molar-refractivity contribution in [3.63, 3.8) is 0 Å². The zero-order valence-corrected chi connectivity index (χ0v) is 9.15. The molecule has 5 heteroatoms. The largest absolute Gasteiger partial charge is 0.424 e. The molecule has 1 heterocycles. The molecule has 1 aromatic heterocycles. The molecule has 2 aromatic carbocycles. The molecule has 0 saturated carbocycles. The number of para-hydroxylation sites is 1. The number of oxazole rings is 1. The molecule has 0 saturated heterocycles. The average molecular weight is 246 g/mol. The van der Waals surface area contributed by atoms with Crippen LogP contribution in [0.5, 0.6) is 0 Å². The van der Waals surface area contributed by atoms with E-state index in [1.54, 1.807) is 18.2 Å². The predicted molar refractivity (Wildman–Crippen MR) is 63.8 cm³/mol. The minimum atomic E-state index is -0.902. The van der Waals surface area contributed by atoms with Crippen LogP contribution in [0.15, 0.2) is 40.8 Å². The fraction of sp³-hybridized carbons (Fsp3) is 0. The van der Waals surface area contributed by atoms with E-state index in [-0.39, 0.29) is 6.01 Å². The SMILES string of the molecule is Nc1nc2c(-c3ccc(F)c(F)c3)cccc2o1. The van der Waals surface area contributed by atoms with Gasteiger partial charge in [-0.1, -0.05) is 18.2 Å². The van der Waals surface area contributed by atoms with Crippen LogP contribution in [0.4, 0.5) is 14.8 Å². The van der Waals surface area contributed by atoms with Crippen LogP contribution in [0.3, 0.4) is 0 Å². The van der Waals surface area contributed by atoms with Gasteiger partial charge in [-0.2, -0.15) is 4.98 Å². The van der Waals surface area contributed by atoms with Crippen LogP contribution in [-0.2, 0) is 0 Å². The van der Waals surface area contributed by atoms with Gasteiger partial charge in [-0.05, 0) is 23.8 Å². The molecule has 3 nitrogen and oxygen atoms in total. The van der Waals surface area contributed by atoms with E-state index in [0.717, 1.165) is 12.1 Å². The Hall–Kier alpha value is -2.43. The van der Waals surface area contributed by atoms with Gasteiger partial charge in [-0.15, -0.1) is 0 Å². The lowest BCUT2D eigenvalue weighted by atomic mass is 10.0. The number of fused-ring (bicyclic) bond motifs is 1. The van der Waals surface area contributed by atoms with E-state index < -0.39 is 11.6 Å². The summed E-state index contributed by atoms with van der Waals surface area (Å²) in [5.74, 6) is -1.79. The Kier molecular flexibility index (Phi) is 2.26. The molecule has 0 spiro atoms. The fourth-order valence-corrected chi connectivity index (χ4v) is 1.86. The Morgan fingerprint density at radius 3 is 2.67 bits per heavy atom. The minimum Gasteiger partial charge on any atom is -0.424 e. The zero-order chi connectivity index (χ0) is 12.7. The quantitative estimate of drug-likeness (QED) is 0.716. The molecule has 18 heavy (non-hydrogen) atoms. The van der Waals surface area contributed by atoms with E-state index in [1.807, 2.05) is 0 Å². The Bertz CT molecular complexity index is 737. The number of nitrogen functional groups attached to an aromatic ring is 1. The van der Waals surface area contributed by atoms with Gasteiger partial charge in [-0.3, -0.25) is 0 Å². The molecule has 0 aliphatic carbocycles. The van der Waals surface area contributed by atoms with Gasteiger partial charge in [0, 0.05) is 5.56 Å². The molecule has 0 atom stereocenters. The lowest BCUT2D eigenvalue weighted by molar-refractivity contribution is 0.509. The highest BCUT2D eigenvalue weighted by molar-refractivity contribution is 5.91. The highest BCUT2D eigenvalue weighted by Gasteiger charge is 2.11. The number of aromatic nitrogens is 1. The highest BCUT2D eigenvalue weighted by Crippen LogP contribution is 2.30. The molecule has 0 unspecified atom stereocenters. The molecular formula is C13H8F2N2O. The number of benzene rings is 2. The smallest absolute Gasteiger partial charge is 0.293 e. The maximum atomic E-state index is 13.2. The lowest BCUT2D eigenvalue weighted by Crippen LogP contribution is -1.87. The standard InChI is InChI=1S/C13H8F2N2O/c14-9-5-4-7(6-10(9)15)8-2-1-3-11-12(8)17-13(16)18-11/h1-6H,(H2,16,17). The third-order valence-electron chi connectivity index (χ3n) is 2.67. The minimum absolute atomic E-state index is 0.0417. The highest BCUT2D eigenvalue weighted by atomic mass is 19.2. The Labute approximate surface area is 101 Å². The summed E-state index contributed by atoms with van der Waals surface area (Å²) in [7, 11) is 0. The molecule has 0 bridgehead atoms. The summed E-state index contributed by atoms with van der Waals surface area (Å²) in [6.45, 7) is 0. The summed E-state index contributed by atoms with van der Waals surface area (Å²) in [6, 6.07) is 8.92. The van der Waals surface area contributed by atoms with Crippen molar-refractivity contribution in [2.24, 2.45) is 0 Å². The van der Waals surface area contributed by atoms with Gasteiger partial charge in [0.25, 0.3) is 6.01 Å². The first kappa shape index (κ1) is 10.7. The lowest BCUT2D eigenvalue weighted by Gasteiger charge is -2.02. The first-order valence-corrected chi connectivity index (χ1v) is 5.25. The first-order valence-electron chi connectivity index (χ1n) is 5.25. The van der Waals surface area contributed by atoms with Crippen LogP contribution in [0.1, 0.15) is 0 Å². The van der Waals surface area contributed by atoms with E-state index in [4.69, 9.17) is 10.2 Å². The fourth-order valence-electron chi connectivity index (χ4n) is 1.86. The van der Waals surface area contributed by atoms with Crippen LogP contribution in [0.25, 0.3) is 22.2 Å². The predicted octanol–water partition coefficient (Wildman–Crippen LogP) is 3.36. The van der Waals surface area contributed by atoms with Crippen LogP contribution < -0.4 is 5.73 Å². The van der Waals surface area contributed by atoms with Crippen LogP contribution in [0, 0.1) is 11.6 Å². The Morgan fingerprint density at radius 1 is 1.06 bits per heavy atom. The van der Waals surface area contributed by atoms with Crippen LogP contribution >= 0.6 is 0 Å². The van der Waals surface area contributed by atoms with Crippen LogP contribution in [-0.4, -0.2) is 4.98 Å². The van der Waals surface area contributed by atoms with Crippen molar-refractivity contribution in [1.29, 1.82) is 0 Å². The Balaban J connectivity index is 2.27. The second kappa shape index (κ2) is 3.80. The molecule has 90 valence electrons. The van der Waals surface area contributed by atoms with Crippen LogP contribution in [0.2, 0.25) is 0 Å². The maximum absolute atomic E-state index is 13.2. The van der Waals surface area contributed by atoms with Crippen molar-refractivity contribution >= 4 is 17.1 Å². The summed E-state index contributed by atoms with van der Waals surface area (Å²) in [6.07, 6.45) is 0. The zero-order valence-electron chi connectivity index (χ0n) is 9.15. The summed E-state index contributed by atoms with van der Waals surface area (Å²) in [5.41, 5.74) is 7.68. The summed E-state index contributed by atoms with van der Waals surface area (Å²) in [5, 5.41) is 0. The second-order valence-corrected chi connectivity index (χ2v) is 3.83. The van der Waals surface area contributed by atoms with Gasteiger partial charge in [0.2, 0.25) is 0 Å². The van der Waals surface area contributed by atoms with E-state index in [1.165, 1.54) is 6.07 Å². The third kappa shape index (κ3) is 1.60. The number of nitrogens with two attached hydrogens (primary N) is 1. The molecule has 3 aromatic rings. The van der Waals surface area contributed by atoms with Gasteiger partial charge < -0.3 is 10.2 Å². The average Bonchev–Trinajstić information content (AvgIpc) is 2.72. The van der Waals surface area contributed by atoms with Gasteiger partial charge in [0.05, 0.1) is 0 Å². The normalized spacial score (nSPS) is 11.0. The maximum Gasteiger partial charge on any atom is 0.293 e. The number of hydrogen-bond donors (Lipinski definition) is 1. The van der Waals surface area contributed by atoms with Crippen molar-refractivity contribution in [3.8, 4) is 11.1 Å². The molecular weight excluding hydrogens is 238 g/mol. The van der Waals surface area contributed by atoms with E-state index in [9.17, 15) is 8.78 Å². The van der Waals surface area contributed by atoms with Crippen molar-refractivity contribution in [2.75, 3.05) is 5.73 Å². The third-order valence-corrected chi connectivity index (χ3v) is 2.67.